The molecule has 30 heavy (non-hydrogen) atoms. The maximum atomic E-state index is 12.9. The van der Waals surface area contributed by atoms with Gasteiger partial charge in [-0.1, -0.05) is 30.3 Å². The average Bonchev–Trinajstić information content (AvgIpc) is 3.25. The average molecular weight is 402 g/mol. The third-order valence-corrected chi connectivity index (χ3v) is 6.40. The van der Waals surface area contributed by atoms with Crippen LogP contribution in [-0.4, -0.2) is 40.6 Å². The highest BCUT2D eigenvalue weighted by Gasteiger charge is 2.41. The summed E-state index contributed by atoms with van der Waals surface area (Å²) >= 11 is 0. The zero-order valence-electron chi connectivity index (χ0n) is 17.2. The number of nitrogens with one attached hydrogen (secondary N) is 1. The molecule has 0 radical (unpaired) electrons. The predicted molar refractivity (Wildman–Crippen MR) is 115 cm³/mol. The van der Waals surface area contributed by atoms with Gasteiger partial charge in [0.25, 0.3) is 0 Å². The van der Waals surface area contributed by atoms with E-state index in [1.807, 2.05) is 41.6 Å². The molecule has 0 unspecified atom stereocenters. The van der Waals surface area contributed by atoms with E-state index in [4.69, 9.17) is 9.72 Å². The lowest BCUT2D eigenvalue weighted by Gasteiger charge is -2.41. The summed E-state index contributed by atoms with van der Waals surface area (Å²) in [6.07, 6.45) is 6.02. The van der Waals surface area contributed by atoms with E-state index in [0.29, 0.717) is 6.42 Å². The Morgan fingerprint density at radius 2 is 2.00 bits per heavy atom. The molecule has 2 aliphatic rings. The molecule has 0 atom stereocenters. The molecule has 0 aliphatic carbocycles. The minimum absolute atomic E-state index is 0.165. The number of hydrogen-bond acceptors (Lipinski definition) is 4. The molecule has 2 aliphatic heterocycles. The number of imidazole rings is 1. The van der Waals surface area contributed by atoms with Crippen molar-refractivity contribution in [3.63, 3.8) is 0 Å². The highest BCUT2D eigenvalue weighted by molar-refractivity contribution is 5.79. The molecule has 0 saturated carbocycles. The Morgan fingerprint density at radius 3 is 2.83 bits per heavy atom. The molecule has 1 saturated heterocycles. The lowest BCUT2D eigenvalue weighted by Crippen LogP contribution is -2.52. The number of fused-ring (bicyclic) bond motifs is 4. The first-order valence-corrected chi connectivity index (χ1v) is 10.5. The number of amides is 1. The van der Waals surface area contributed by atoms with Crippen LogP contribution < -0.4 is 10.1 Å². The summed E-state index contributed by atoms with van der Waals surface area (Å²) in [5.74, 6) is 2.00. The standard InChI is InChI=1S/C24H26N4O2/c1-30-20-7-4-5-18(15-20)16-22(29)27-12-9-24(10-13-27)23-25-11-14-28(23)21-8-3-2-6-19(21)17-26-24/h2-8,11,14-15,26H,9-10,12-13,16-17H2,1H3. The van der Waals surface area contributed by atoms with Gasteiger partial charge in [0.1, 0.15) is 11.6 Å². The fourth-order valence-electron chi connectivity index (χ4n) is 4.70. The smallest absolute Gasteiger partial charge is 0.226 e. The van der Waals surface area contributed by atoms with Crippen LogP contribution in [0, 0.1) is 0 Å². The van der Waals surface area contributed by atoms with Crippen molar-refractivity contribution < 1.29 is 9.53 Å². The number of para-hydroxylation sites is 1. The van der Waals surface area contributed by atoms with Gasteiger partial charge in [-0.2, -0.15) is 0 Å². The van der Waals surface area contributed by atoms with Gasteiger partial charge in [-0.05, 0) is 42.2 Å². The van der Waals surface area contributed by atoms with E-state index >= 15 is 0 Å². The largest absolute Gasteiger partial charge is 0.497 e. The van der Waals surface area contributed by atoms with Gasteiger partial charge in [0.05, 0.1) is 24.8 Å². The second-order valence-corrected chi connectivity index (χ2v) is 8.09. The highest BCUT2D eigenvalue weighted by atomic mass is 16.5. The van der Waals surface area contributed by atoms with Crippen molar-refractivity contribution in [1.82, 2.24) is 19.8 Å². The third kappa shape index (κ3) is 3.27. The number of aromatic nitrogens is 2. The molecular weight excluding hydrogens is 376 g/mol. The zero-order valence-corrected chi connectivity index (χ0v) is 17.2. The molecule has 0 bridgehead atoms. The Morgan fingerprint density at radius 1 is 1.17 bits per heavy atom. The van der Waals surface area contributed by atoms with Crippen LogP contribution in [0.25, 0.3) is 5.69 Å². The Balaban J connectivity index is 1.32. The molecule has 3 aromatic rings. The number of carbonyl (C=O) groups is 1. The van der Waals surface area contributed by atoms with Gasteiger partial charge in [0, 0.05) is 32.0 Å². The van der Waals surface area contributed by atoms with Crippen LogP contribution >= 0.6 is 0 Å². The summed E-state index contributed by atoms with van der Waals surface area (Å²) in [5, 5.41) is 3.78. The Bertz CT molecular complexity index is 1070. The van der Waals surface area contributed by atoms with Crippen LogP contribution in [0.3, 0.4) is 0 Å². The summed E-state index contributed by atoms with van der Waals surface area (Å²) in [7, 11) is 1.65. The van der Waals surface area contributed by atoms with Crippen molar-refractivity contribution in [2.24, 2.45) is 0 Å². The predicted octanol–water partition coefficient (Wildman–Crippen LogP) is 3.04. The van der Waals surface area contributed by atoms with Crippen molar-refractivity contribution in [3.05, 3.63) is 77.9 Å². The number of rotatable bonds is 3. The second kappa shape index (κ2) is 7.61. The summed E-state index contributed by atoms with van der Waals surface area (Å²) < 4.78 is 7.49. The molecule has 1 amide bonds. The second-order valence-electron chi connectivity index (χ2n) is 8.09. The van der Waals surface area contributed by atoms with Crippen molar-refractivity contribution in [3.8, 4) is 11.4 Å². The number of benzene rings is 2. The van der Waals surface area contributed by atoms with Crippen LogP contribution in [0.1, 0.15) is 29.8 Å². The molecule has 5 rings (SSSR count). The molecule has 1 fully saturated rings. The van der Waals surface area contributed by atoms with Gasteiger partial charge in [0.2, 0.25) is 5.91 Å². The monoisotopic (exact) mass is 402 g/mol. The molecular formula is C24H26N4O2. The normalized spacial score (nSPS) is 17.2. The Labute approximate surface area is 176 Å². The van der Waals surface area contributed by atoms with E-state index in [1.54, 1.807) is 7.11 Å². The number of likely N-dealkylation sites (tertiary alicyclic amines) is 1. The first-order chi connectivity index (χ1) is 14.7. The summed E-state index contributed by atoms with van der Waals surface area (Å²) in [6, 6.07) is 16.2. The minimum atomic E-state index is -0.213. The van der Waals surface area contributed by atoms with Crippen LogP contribution in [0.15, 0.2) is 60.9 Å². The Kier molecular flexibility index (Phi) is 4.79. The SMILES string of the molecule is COc1cccc(CC(=O)N2CCC3(CC2)NCc2ccccc2-n2ccnc23)c1. The molecule has 1 spiro atoms. The molecule has 6 heteroatoms. The third-order valence-electron chi connectivity index (χ3n) is 6.40. The number of hydrogen-bond donors (Lipinski definition) is 1. The number of carbonyl (C=O) groups excluding carboxylic acids is 1. The van der Waals surface area contributed by atoms with E-state index < -0.39 is 0 Å². The van der Waals surface area contributed by atoms with Crippen LogP contribution in [0.4, 0.5) is 0 Å². The van der Waals surface area contributed by atoms with Gasteiger partial charge in [-0.3, -0.25) is 4.79 Å². The van der Waals surface area contributed by atoms with Gasteiger partial charge >= 0.3 is 0 Å². The lowest BCUT2D eigenvalue weighted by atomic mass is 9.86. The zero-order chi connectivity index (χ0) is 20.6. The molecule has 1 aromatic heterocycles. The summed E-state index contributed by atoms with van der Waals surface area (Å²) in [4.78, 5) is 19.6. The first-order valence-electron chi connectivity index (χ1n) is 10.5. The molecule has 154 valence electrons. The van der Waals surface area contributed by atoms with Crippen molar-refractivity contribution in [1.29, 1.82) is 0 Å². The van der Waals surface area contributed by atoms with Gasteiger partial charge in [0.15, 0.2) is 0 Å². The fraction of sp³-hybridized carbons (Fsp3) is 0.333. The van der Waals surface area contributed by atoms with Crippen molar-refractivity contribution in [2.75, 3.05) is 20.2 Å². The van der Waals surface area contributed by atoms with Crippen LogP contribution in [0.2, 0.25) is 0 Å². The maximum Gasteiger partial charge on any atom is 0.226 e. The first kappa shape index (κ1) is 18.9. The number of piperidine rings is 1. The molecule has 6 nitrogen and oxygen atoms in total. The molecule has 2 aromatic carbocycles. The quantitative estimate of drug-likeness (QED) is 0.732. The highest BCUT2D eigenvalue weighted by Crippen LogP contribution is 2.36. The van der Waals surface area contributed by atoms with Crippen LogP contribution in [0.5, 0.6) is 5.75 Å². The maximum absolute atomic E-state index is 12.9. The van der Waals surface area contributed by atoms with Gasteiger partial charge in [-0.25, -0.2) is 4.98 Å². The Hall–Kier alpha value is -3.12. The topological polar surface area (TPSA) is 59.4 Å². The van der Waals surface area contributed by atoms with Crippen LogP contribution in [-0.2, 0) is 23.3 Å². The summed E-state index contributed by atoms with van der Waals surface area (Å²) in [5.41, 5.74) is 3.23. The summed E-state index contributed by atoms with van der Waals surface area (Å²) in [6.45, 7) is 2.25. The minimum Gasteiger partial charge on any atom is -0.497 e. The number of ether oxygens (including phenoxy) is 1. The van der Waals surface area contributed by atoms with E-state index in [-0.39, 0.29) is 11.4 Å². The van der Waals surface area contributed by atoms with Crippen molar-refractivity contribution >= 4 is 5.91 Å². The van der Waals surface area contributed by atoms with Gasteiger partial charge < -0.3 is 19.5 Å². The molecule has 3 heterocycles. The lowest BCUT2D eigenvalue weighted by molar-refractivity contribution is -0.132. The fourth-order valence-corrected chi connectivity index (χ4v) is 4.70. The van der Waals surface area contributed by atoms with E-state index in [2.05, 4.69) is 34.1 Å². The van der Waals surface area contributed by atoms with Crippen molar-refractivity contribution in [2.45, 2.75) is 31.3 Å². The van der Waals surface area contributed by atoms with Gasteiger partial charge in [-0.15, -0.1) is 0 Å². The van der Waals surface area contributed by atoms with E-state index in [9.17, 15) is 4.79 Å². The number of nitrogens with zero attached hydrogens (tertiary/aromatic N) is 3. The van der Waals surface area contributed by atoms with E-state index in [0.717, 1.165) is 49.6 Å². The number of methoxy groups -OCH3 is 1. The molecule has 1 N–H and O–H groups in total. The van der Waals surface area contributed by atoms with E-state index in [1.165, 1.54) is 11.3 Å².